The minimum Gasteiger partial charge on any atom is -0.492 e. The number of piperidine rings is 1. The van der Waals surface area contributed by atoms with Crippen LogP contribution in [0.15, 0.2) is 40.3 Å². The van der Waals surface area contributed by atoms with E-state index in [9.17, 15) is 5.11 Å². The van der Waals surface area contributed by atoms with Crippen LogP contribution in [0.25, 0.3) is 16.5 Å². The van der Waals surface area contributed by atoms with Crippen molar-refractivity contribution >= 4 is 27.6 Å². The largest absolute Gasteiger partial charge is 0.492 e. The van der Waals surface area contributed by atoms with Crippen molar-refractivity contribution < 1.29 is 9.52 Å². The Morgan fingerprint density at radius 2 is 2.26 bits per heavy atom. The Morgan fingerprint density at radius 3 is 2.96 bits per heavy atom. The second kappa shape index (κ2) is 6.78. The normalized spacial score (nSPS) is 19.7. The summed E-state index contributed by atoms with van der Waals surface area (Å²) in [5, 5.41) is 17.5. The average molecular weight is 401 g/mol. The van der Waals surface area contributed by atoms with Crippen molar-refractivity contribution in [1.29, 1.82) is 0 Å². The van der Waals surface area contributed by atoms with Crippen LogP contribution in [0.2, 0.25) is 0 Å². The van der Waals surface area contributed by atoms with Gasteiger partial charge in [-0.05, 0) is 48.9 Å². The molecule has 2 atom stereocenters. The predicted octanol–water partition coefficient (Wildman–Crippen LogP) is 4.64. The van der Waals surface area contributed by atoms with Gasteiger partial charge in [-0.15, -0.1) is 16.4 Å². The number of fused-ring (bicyclic) bond motifs is 1. The zero-order chi connectivity index (χ0) is 18.4. The minimum absolute atomic E-state index is 0.0494. The number of rotatable bonds is 4. The molecule has 1 N–H and O–H groups in total. The molecular formula is C19H20N4O2S2. The maximum atomic E-state index is 11.0. The van der Waals surface area contributed by atoms with Gasteiger partial charge in [0.25, 0.3) is 0 Å². The van der Waals surface area contributed by atoms with Gasteiger partial charge >= 0.3 is 0 Å². The Labute approximate surface area is 164 Å². The molecule has 27 heavy (non-hydrogen) atoms. The number of thiazole rings is 1. The van der Waals surface area contributed by atoms with Gasteiger partial charge < -0.3 is 9.52 Å². The Kier molecular flexibility index (Phi) is 4.26. The quantitative estimate of drug-likeness (QED) is 0.541. The molecule has 0 aromatic carbocycles. The van der Waals surface area contributed by atoms with Gasteiger partial charge in [0.2, 0.25) is 16.7 Å². The first-order valence-electron chi connectivity index (χ1n) is 9.10. The summed E-state index contributed by atoms with van der Waals surface area (Å²) in [4.78, 5) is 9.88. The van der Waals surface area contributed by atoms with Crippen LogP contribution in [0, 0.1) is 5.92 Å². The molecule has 0 bridgehead atoms. The first-order valence-corrected chi connectivity index (χ1v) is 10.8. The first kappa shape index (κ1) is 17.0. The predicted molar refractivity (Wildman–Crippen MR) is 106 cm³/mol. The maximum absolute atomic E-state index is 11.0. The van der Waals surface area contributed by atoms with E-state index in [1.807, 2.05) is 6.07 Å². The van der Waals surface area contributed by atoms with E-state index in [0.717, 1.165) is 18.0 Å². The van der Waals surface area contributed by atoms with Gasteiger partial charge in [-0.25, -0.2) is 0 Å². The summed E-state index contributed by atoms with van der Waals surface area (Å²) in [5.74, 6) is 1.94. The molecule has 0 saturated carbocycles. The Morgan fingerprint density at radius 1 is 1.33 bits per heavy atom. The second-order valence-electron chi connectivity index (χ2n) is 7.06. The van der Waals surface area contributed by atoms with Crippen LogP contribution in [0.4, 0.5) is 0 Å². The van der Waals surface area contributed by atoms with Crippen molar-refractivity contribution in [2.45, 2.75) is 25.8 Å². The van der Waals surface area contributed by atoms with Crippen molar-refractivity contribution in [3.05, 3.63) is 45.7 Å². The molecule has 0 unspecified atom stereocenters. The van der Waals surface area contributed by atoms with Crippen molar-refractivity contribution in [2.24, 2.45) is 5.92 Å². The SMILES string of the molecule is C[C@H]1CCCN([C@H](c2cccs2)c2sc3nc(-c4ccco4)nn3c2O)C1. The van der Waals surface area contributed by atoms with E-state index >= 15 is 0 Å². The van der Waals surface area contributed by atoms with Crippen LogP contribution in [-0.2, 0) is 0 Å². The van der Waals surface area contributed by atoms with Crippen LogP contribution < -0.4 is 0 Å². The number of likely N-dealkylation sites (tertiary alicyclic amines) is 1. The van der Waals surface area contributed by atoms with Gasteiger partial charge in [0.05, 0.1) is 17.2 Å². The van der Waals surface area contributed by atoms with Gasteiger partial charge in [-0.1, -0.05) is 24.3 Å². The van der Waals surface area contributed by atoms with E-state index in [2.05, 4.69) is 39.4 Å². The molecule has 5 heterocycles. The molecule has 1 fully saturated rings. The van der Waals surface area contributed by atoms with Gasteiger partial charge in [0.15, 0.2) is 5.76 Å². The third-order valence-corrected chi connectivity index (χ3v) is 7.05. The van der Waals surface area contributed by atoms with Crippen LogP contribution in [0.5, 0.6) is 5.88 Å². The lowest BCUT2D eigenvalue weighted by atomic mass is 9.98. The molecule has 5 rings (SSSR count). The Bertz CT molecular complexity index is 1040. The number of nitrogens with zero attached hydrogens (tertiary/aromatic N) is 4. The number of aromatic hydroxyl groups is 1. The third kappa shape index (κ3) is 2.97. The standard InChI is InChI=1S/C19H20N4O2S2/c1-12-5-2-8-22(11-12)15(14-7-4-10-26-14)16-18(24)23-19(27-16)20-17(21-23)13-6-3-9-25-13/h3-4,6-7,9-10,12,15,24H,2,5,8,11H2,1H3/t12-,15+/m0/s1. The molecule has 1 aliphatic heterocycles. The number of furan rings is 1. The van der Waals surface area contributed by atoms with Gasteiger partial charge in [0.1, 0.15) is 0 Å². The highest BCUT2D eigenvalue weighted by Gasteiger charge is 2.32. The highest BCUT2D eigenvalue weighted by molar-refractivity contribution is 7.17. The fraction of sp³-hybridized carbons (Fsp3) is 0.368. The second-order valence-corrected chi connectivity index (χ2v) is 9.05. The van der Waals surface area contributed by atoms with E-state index < -0.39 is 0 Å². The molecule has 0 amide bonds. The summed E-state index contributed by atoms with van der Waals surface area (Å²) in [6.07, 6.45) is 4.05. The third-order valence-electron chi connectivity index (χ3n) is 5.06. The molecule has 1 saturated heterocycles. The van der Waals surface area contributed by atoms with Gasteiger partial charge in [-0.3, -0.25) is 4.90 Å². The van der Waals surface area contributed by atoms with E-state index in [1.54, 1.807) is 23.7 Å². The number of thiophene rings is 1. The molecule has 1 aliphatic rings. The smallest absolute Gasteiger partial charge is 0.230 e. The average Bonchev–Trinajstić information content (AvgIpc) is 3.42. The fourth-order valence-electron chi connectivity index (χ4n) is 3.82. The van der Waals surface area contributed by atoms with E-state index in [1.165, 1.54) is 33.6 Å². The van der Waals surface area contributed by atoms with Crippen LogP contribution in [0.1, 0.15) is 35.6 Å². The molecule has 6 nitrogen and oxygen atoms in total. The molecule has 0 spiro atoms. The van der Waals surface area contributed by atoms with Crippen LogP contribution in [-0.4, -0.2) is 37.7 Å². The molecule has 4 aromatic heterocycles. The van der Waals surface area contributed by atoms with E-state index in [-0.39, 0.29) is 11.9 Å². The number of aromatic nitrogens is 3. The highest BCUT2D eigenvalue weighted by atomic mass is 32.1. The van der Waals surface area contributed by atoms with Gasteiger partial charge in [-0.2, -0.15) is 9.50 Å². The Balaban J connectivity index is 1.58. The summed E-state index contributed by atoms with van der Waals surface area (Å²) >= 11 is 3.24. The lowest BCUT2D eigenvalue weighted by molar-refractivity contribution is 0.150. The van der Waals surface area contributed by atoms with Crippen molar-refractivity contribution in [1.82, 2.24) is 19.5 Å². The Hall–Kier alpha value is -2.16. The van der Waals surface area contributed by atoms with Gasteiger partial charge in [0, 0.05) is 11.4 Å². The zero-order valence-electron chi connectivity index (χ0n) is 14.9. The summed E-state index contributed by atoms with van der Waals surface area (Å²) < 4.78 is 6.91. The maximum Gasteiger partial charge on any atom is 0.230 e. The molecule has 0 aliphatic carbocycles. The summed E-state index contributed by atoms with van der Waals surface area (Å²) in [6.45, 7) is 4.38. The molecular weight excluding hydrogens is 380 g/mol. The number of hydrogen-bond acceptors (Lipinski definition) is 7. The summed E-state index contributed by atoms with van der Waals surface area (Å²) in [7, 11) is 0. The van der Waals surface area contributed by atoms with Crippen LogP contribution in [0.3, 0.4) is 0 Å². The van der Waals surface area contributed by atoms with Crippen LogP contribution >= 0.6 is 22.7 Å². The molecule has 4 aromatic rings. The van der Waals surface area contributed by atoms with E-state index in [0.29, 0.717) is 22.5 Å². The van der Waals surface area contributed by atoms with Crippen molar-refractivity contribution in [2.75, 3.05) is 13.1 Å². The highest BCUT2D eigenvalue weighted by Crippen LogP contribution is 2.43. The summed E-state index contributed by atoms with van der Waals surface area (Å²) in [5.41, 5.74) is 0. The minimum atomic E-state index is 0.0494. The number of hydrogen-bond donors (Lipinski definition) is 1. The summed E-state index contributed by atoms with van der Waals surface area (Å²) in [6, 6.07) is 7.90. The lowest BCUT2D eigenvalue weighted by Gasteiger charge is -2.36. The lowest BCUT2D eigenvalue weighted by Crippen LogP contribution is -2.37. The molecule has 140 valence electrons. The fourth-order valence-corrected chi connectivity index (χ4v) is 5.87. The first-order chi connectivity index (χ1) is 13.2. The van der Waals surface area contributed by atoms with Crippen molar-refractivity contribution in [3.63, 3.8) is 0 Å². The topological polar surface area (TPSA) is 66.8 Å². The molecule has 0 radical (unpaired) electrons. The molecule has 8 heteroatoms. The van der Waals surface area contributed by atoms with E-state index in [4.69, 9.17) is 4.42 Å². The zero-order valence-corrected chi connectivity index (χ0v) is 16.5. The monoisotopic (exact) mass is 400 g/mol. The van der Waals surface area contributed by atoms with Crippen molar-refractivity contribution in [3.8, 4) is 17.5 Å².